The van der Waals surface area contributed by atoms with Crippen LogP contribution < -0.4 is 0 Å². The molecule has 0 saturated heterocycles. The summed E-state index contributed by atoms with van der Waals surface area (Å²) in [6.07, 6.45) is 2.15. The lowest BCUT2D eigenvalue weighted by atomic mass is 10.2. The summed E-state index contributed by atoms with van der Waals surface area (Å²) in [5, 5.41) is 0. The normalized spacial score (nSPS) is 14.4. The molecule has 1 aliphatic rings. The molecule has 1 aromatic carbocycles. The minimum atomic E-state index is -0.288. The molecule has 0 spiro atoms. The van der Waals surface area contributed by atoms with Crippen molar-refractivity contribution in [3.8, 4) is 11.3 Å². The lowest BCUT2D eigenvalue weighted by Gasteiger charge is -2.23. The van der Waals surface area contributed by atoms with Crippen LogP contribution in [0.25, 0.3) is 11.3 Å². The van der Waals surface area contributed by atoms with E-state index < -0.39 is 0 Å². The highest BCUT2D eigenvalue weighted by Crippen LogP contribution is 2.30. The molecule has 1 amide bonds. The van der Waals surface area contributed by atoms with Crippen molar-refractivity contribution in [2.45, 2.75) is 32.7 Å². The highest BCUT2D eigenvalue weighted by molar-refractivity contribution is 5.92. The molecule has 3 rings (SSSR count). The number of halogens is 1. The third kappa shape index (κ3) is 3.21. The van der Waals surface area contributed by atoms with Gasteiger partial charge in [0.2, 0.25) is 0 Å². The molecule has 116 valence electrons. The fourth-order valence-electron chi connectivity index (χ4n) is 2.54. The van der Waals surface area contributed by atoms with Crippen molar-refractivity contribution in [1.82, 2.24) is 4.90 Å². The molecule has 3 nitrogen and oxygen atoms in total. The van der Waals surface area contributed by atoms with Gasteiger partial charge in [0.15, 0.2) is 5.76 Å². The molecular formula is C18H20FNO2. The summed E-state index contributed by atoms with van der Waals surface area (Å²) < 4.78 is 18.7. The van der Waals surface area contributed by atoms with Crippen LogP contribution in [0.4, 0.5) is 4.39 Å². The second-order valence-electron chi connectivity index (χ2n) is 6.25. The van der Waals surface area contributed by atoms with E-state index in [0.717, 1.165) is 24.9 Å². The first-order valence-corrected chi connectivity index (χ1v) is 7.71. The van der Waals surface area contributed by atoms with E-state index in [1.54, 1.807) is 24.3 Å². The summed E-state index contributed by atoms with van der Waals surface area (Å²) in [6.45, 7) is 4.96. The summed E-state index contributed by atoms with van der Waals surface area (Å²) in [6, 6.07) is 9.89. The number of nitrogens with zero attached hydrogens (tertiary/aromatic N) is 1. The van der Waals surface area contributed by atoms with E-state index in [9.17, 15) is 9.18 Å². The zero-order chi connectivity index (χ0) is 15.7. The van der Waals surface area contributed by atoms with Gasteiger partial charge in [-0.3, -0.25) is 4.79 Å². The van der Waals surface area contributed by atoms with Gasteiger partial charge >= 0.3 is 0 Å². The van der Waals surface area contributed by atoms with Gasteiger partial charge in [0, 0.05) is 18.2 Å². The number of carbonyl (C=O) groups is 1. The summed E-state index contributed by atoms with van der Waals surface area (Å²) in [5.41, 5.74) is 0.766. The minimum absolute atomic E-state index is 0.0513. The van der Waals surface area contributed by atoms with E-state index in [1.165, 1.54) is 12.1 Å². The van der Waals surface area contributed by atoms with E-state index in [0.29, 0.717) is 23.5 Å². The Kier molecular flexibility index (Phi) is 4.01. The largest absolute Gasteiger partial charge is 0.451 e. The van der Waals surface area contributed by atoms with Crippen LogP contribution in [0.15, 0.2) is 40.8 Å². The quantitative estimate of drug-likeness (QED) is 0.823. The molecule has 2 aromatic rings. The highest BCUT2D eigenvalue weighted by Gasteiger charge is 2.34. The fourth-order valence-corrected chi connectivity index (χ4v) is 2.54. The third-order valence-corrected chi connectivity index (χ3v) is 3.76. The first-order chi connectivity index (χ1) is 10.5. The van der Waals surface area contributed by atoms with Gasteiger partial charge in [0.25, 0.3) is 5.91 Å². The van der Waals surface area contributed by atoms with Crippen molar-refractivity contribution in [2.75, 3.05) is 6.54 Å². The maximum absolute atomic E-state index is 13.0. The van der Waals surface area contributed by atoms with Crippen molar-refractivity contribution in [3.05, 3.63) is 48.0 Å². The van der Waals surface area contributed by atoms with Gasteiger partial charge < -0.3 is 9.32 Å². The fraction of sp³-hybridized carbons (Fsp3) is 0.389. The Morgan fingerprint density at radius 1 is 1.23 bits per heavy atom. The number of hydrogen-bond donors (Lipinski definition) is 0. The maximum Gasteiger partial charge on any atom is 0.289 e. The molecule has 1 fully saturated rings. The number of carbonyl (C=O) groups excluding carboxylic acids is 1. The molecule has 1 heterocycles. The van der Waals surface area contributed by atoms with Crippen LogP contribution in [0.1, 0.15) is 37.2 Å². The van der Waals surface area contributed by atoms with E-state index in [4.69, 9.17) is 4.42 Å². The number of hydrogen-bond acceptors (Lipinski definition) is 2. The van der Waals surface area contributed by atoms with Crippen LogP contribution in [-0.4, -0.2) is 23.4 Å². The van der Waals surface area contributed by atoms with Gasteiger partial charge in [-0.25, -0.2) is 4.39 Å². The number of rotatable bonds is 5. The molecule has 22 heavy (non-hydrogen) atoms. The molecule has 0 aliphatic heterocycles. The average molecular weight is 301 g/mol. The maximum atomic E-state index is 13.0. The summed E-state index contributed by atoms with van der Waals surface area (Å²) >= 11 is 0. The van der Waals surface area contributed by atoms with Crippen LogP contribution in [0.5, 0.6) is 0 Å². The lowest BCUT2D eigenvalue weighted by molar-refractivity contribution is 0.0691. The van der Waals surface area contributed by atoms with Gasteiger partial charge in [-0.2, -0.15) is 0 Å². The molecular weight excluding hydrogens is 281 g/mol. The molecule has 1 aliphatic carbocycles. The van der Waals surface area contributed by atoms with E-state index in [-0.39, 0.29) is 11.7 Å². The Bertz CT molecular complexity index is 656. The third-order valence-electron chi connectivity index (χ3n) is 3.76. The monoisotopic (exact) mass is 301 g/mol. The van der Waals surface area contributed by atoms with Crippen LogP contribution in [-0.2, 0) is 0 Å². The minimum Gasteiger partial charge on any atom is -0.451 e. The molecule has 1 saturated carbocycles. The number of amides is 1. The molecule has 0 unspecified atom stereocenters. The smallest absolute Gasteiger partial charge is 0.289 e. The Morgan fingerprint density at radius 3 is 2.50 bits per heavy atom. The Labute approximate surface area is 129 Å². The number of furan rings is 1. The van der Waals surface area contributed by atoms with E-state index in [2.05, 4.69) is 13.8 Å². The molecule has 0 radical (unpaired) electrons. The van der Waals surface area contributed by atoms with Crippen molar-refractivity contribution >= 4 is 5.91 Å². The summed E-state index contributed by atoms with van der Waals surface area (Å²) in [7, 11) is 0. The first kappa shape index (κ1) is 14.8. The average Bonchev–Trinajstić information content (AvgIpc) is 3.21. The lowest BCUT2D eigenvalue weighted by Crippen LogP contribution is -2.35. The Hall–Kier alpha value is -2.10. The zero-order valence-corrected chi connectivity index (χ0v) is 12.9. The van der Waals surface area contributed by atoms with Gasteiger partial charge in [0.1, 0.15) is 11.6 Å². The predicted octanol–water partition coefficient (Wildman–Crippen LogP) is 4.35. The van der Waals surface area contributed by atoms with Crippen molar-refractivity contribution in [1.29, 1.82) is 0 Å². The van der Waals surface area contributed by atoms with Crippen LogP contribution >= 0.6 is 0 Å². The zero-order valence-electron chi connectivity index (χ0n) is 12.9. The number of benzene rings is 1. The molecule has 0 bridgehead atoms. The van der Waals surface area contributed by atoms with Gasteiger partial charge in [-0.1, -0.05) is 13.8 Å². The van der Waals surface area contributed by atoms with Crippen molar-refractivity contribution < 1.29 is 13.6 Å². The molecule has 0 atom stereocenters. The van der Waals surface area contributed by atoms with Crippen molar-refractivity contribution in [2.24, 2.45) is 5.92 Å². The van der Waals surface area contributed by atoms with E-state index >= 15 is 0 Å². The predicted molar refractivity (Wildman–Crippen MR) is 83.0 cm³/mol. The van der Waals surface area contributed by atoms with E-state index in [1.807, 2.05) is 4.90 Å². The van der Waals surface area contributed by atoms with Crippen LogP contribution in [0, 0.1) is 11.7 Å². The highest BCUT2D eigenvalue weighted by atomic mass is 19.1. The SMILES string of the molecule is CC(C)CN(C(=O)c1ccc(-c2ccc(F)cc2)o1)C1CC1. The van der Waals surface area contributed by atoms with Gasteiger partial charge in [-0.05, 0) is 55.2 Å². The summed E-state index contributed by atoms with van der Waals surface area (Å²) in [5.74, 6) is 1.03. The van der Waals surface area contributed by atoms with Crippen molar-refractivity contribution in [3.63, 3.8) is 0 Å². The van der Waals surface area contributed by atoms with Crippen LogP contribution in [0.3, 0.4) is 0 Å². The second kappa shape index (κ2) is 5.95. The topological polar surface area (TPSA) is 33.5 Å². The van der Waals surface area contributed by atoms with Gasteiger partial charge in [0.05, 0.1) is 0 Å². The van der Waals surface area contributed by atoms with Gasteiger partial charge in [-0.15, -0.1) is 0 Å². The second-order valence-corrected chi connectivity index (χ2v) is 6.25. The standard InChI is InChI=1S/C18H20FNO2/c1-12(2)11-20(15-7-8-15)18(21)17-10-9-16(22-17)13-3-5-14(19)6-4-13/h3-6,9-10,12,15H,7-8,11H2,1-2H3. The molecule has 0 N–H and O–H groups in total. The molecule has 1 aromatic heterocycles. The Morgan fingerprint density at radius 2 is 1.91 bits per heavy atom. The molecule has 4 heteroatoms. The Balaban J connectivity index is 1.80. The summed E-state index contributed by atoms with van der Waals surface area (Å²) in [4.78, 5) is 14.5. The first-order valence-electron chi connectivity index (χ1n) is 7.71. The van der Waals surface area contributed by atoms with Crippen LogP contribution in [0.2, 0.25) is 0 Å².